The van der Waals surface area contributed by atoms with Crippen LogP contribution in [0.15, 0.2) is 48.5 Å². The molecule has 2 atom stereocenters. The molecule has 0 radical (unpaired) electrons. The normalized spacial score (nSPS) is 18.4. The van der Waals surface area contributed by atoms with Gasteiger partial charge in [0.2, 0.25) is 17.5 Å². The van der Waals surface area contributed by atoms with Crippen molar-refractivity contribution in [3.63, 3.8) is 0 Å². The van der Waals surface area contributed by atoms with Gasteiger partial charge in [0.1, 0.15) is 12.3 Å². The molecule has 3 nitrogen and oxygen atoms in total. The van der Waals surface area contributed by atoms with Crippen LogP contribution in [0.5, 0.6) is 17.2 Å². The van der Waals surface area contributed by atoms with Crippen LogP contribution in [0.3, 0.4) is 0 Å². The molecule has 0 amide bonds. The highest BCUT2D eigenvalue weighted by atomic mass is 19.2. The minimum absolute atomic E-state index is 0.00886. The Labute approximate surface area is 242 Å². The van der Waals surface area contributed by atoms with Gasteiger partial charge in [-0.2, -0.15) is 13.2 Å². The molecule has 2 unspecified atom stereocenters. The molecule has 1 saturated carbocycles. The second-order valence-corrected chi connectivity index (χ2v) is 10.8. The predicted molar refractivity (Wildman–Crippen MR) is 149 cm³/mol. The van der Waals surface area contributed by atoms with Gasteiger partial charge in [-0.3, -0.25) is 0 Å². The maximum absolute atomic E-state index is 14.8. The summed E-state index contributed by atoms with van der Waals surface area (Å²) in [5, 5.41) is 0. The third-order valence-electron chi connectivity index (χ3n) is 7.79. The van der Waals surface area contributed by atoms with E-state index in [-0.39, 0.29) is 61.2 Å². The minimum atomic E-state index is -1.50. The molecule has 0 aliphatic heterocycles. The van der Waals surface area contributed by atoms with Gasteiger partial charge < -0.3 is 14.2 Å². The van der Waals surface area contributed by atoms with Crippen molar-refractivity contribution in [2.24, 2.45) is 11.8 Å². The summed E-state index contributed by atoms with van der Waals surface area (Å²) in [6, 6.07) is 10.9. The van der Waals surface area contributed by atoms with E-state index >= 15 is 0 Å². The summed E-state index contributed by atoms with van der Waals surface area (Å²) in [7, 11) is 0. The van der Waals surface area contributed by atoms with Crippen LogP contribution < -0.4 is 14.2 Å². The largest absolute Gasteiger partial charge is 0.491 e. The van der Waals surface area contributed by atoms with Gasteiger partial charge in [0.15, 0.2) is 23.1 Å². The molecule has 3 aromatic rings. The molecule has 1 fully saturated rings. The van der Waals surface area contributed by atoms with Gasteiger partial charge >= 0.3 is 0 Å². The molecular weight excluding hydrogens is 558 g/mol. The van der Waals surface area contributed by atoms with Gasteiger partial charge in [0, 0.05) is 18.4 Å². The van der Waals surface area contributed by atoms with Crippen LogP contribution in [-0.4, -0.2) is 26.0 Å². The molecule has 9 heteroatoms. The quantitative estimate of drug-likeness (QED) is 0.184. The van der Waals surface area contributed by atoms with Crippen molar-refractivity contribution < 1.29 is 40.6 Å². The van der Waals surface area contributed by atoms with E-state index in [1.807, 2.05) is 0 Å². The molecule has 1 aliphatic carbocycles. The molecule has 0 bridgehead atoms. The van der Waals surface area contributed by atoms with Crippen molar-refractivity contribution in [1.29, 1.82) is 0 Å². The molecule has 0 spiro atoms. The maximum Gasteiger partial charge on any atom is 0.204 e. The first kappa shape index (κ1) is 31.6. The van der Waals surface area contributed by atoms with E-state index in [0.29, 0.717) is 11.5 Å². The number of halogens is 6. The molecule has 3 aromatic carbocycles. The Balaban J connectivity index is 1.26. The summed E-state index contributed by atoms with van der Waals surface area (Å²) in [6.07, 6.45) is 1.03. The Bertz CT molecular complexity index is 1310. The fourth-order valence-electron chi connectivity index (χ4n) is 5.23. The highest BCUT2D eigenvalue weighted by molar-refractivity contribution is 5.65. The van der Waals surface area contributed by atoms with Crippen molar-refractivity contribution in [1.82, 2.24) is 0 Å². The smallest absolute Gasteiger partial charge is 0.204 e. The lowest BCUT2D eigenvalue weighted by atomic mass is 9.80. The molecule has 4 rings (SSSR count). The van der Waals surface area contributed by atoms with Crippen LogP contribution in [0.4, 0.5) is 26.3 Å². The van der Waals surface area contributed by atoms with E-state index in [0.717, 1.165) is 25.7 Å². The van der Waals surface area contributed by atoms with E-state index in [1.165, 1.54) is 48.5 Å². The summed E-state index contributed by atoms with van der Waals surface area (Å²) in [6.45, 7) is 3.68. The lowest BCUT2D eigenvalue weighted by Gasteiger charge is -2.28. The first-order chi connectivity index (χ1) is 20.2. The van der Waals surface area contributed by atoms with Gasteiger partial charge in [-0.15, -0.1) is 0 Å². The zero-order valence-corrected chi connectivity index (χ0v) is 23.8. The standard InChI is InChI=1S/C33H36F6O3/c1-3-40-27-13-12-24(30(36)31(27)37)21-8-10-23(11-9-21)26(35)17-19-42-29-15-14-28(32(38)33(29)39)41-18-16-25(34)22-6-4-20(2)5-7-22/h8-15,20,22,25-26H,3-7,16-19H2,1-2H3. The van der Waals surface area contributed by atoms with E-state index in [9.17, 15) is 26.3 Å². The summed E-state index contributed by atoms with van der Waals surface area (Å²) in [5.74, 6) is -5.01. The molecule has 1 aliphatic rings. The fourth-order valence-corrected chi connectivity index (χ4v) is 5.23. The number of rotatable bonds is 13. The molecule has 42 heavy (non-hydrogen) atoms. The van der Waals surface area contributed by atoms with Crippen molar-refractivity contribution in [2.75, 3.05) is 19.8 Å². The Morgan fingerprint density at radius 3 is 1.79 bits per heavy atom. The number of alkyl halides is 2. The maximum atomic E-state index is 14.8. The zero-order chi connectivity index (χ0) is 30.2. The average Bonchev–Trinajstić information content (AvgIpc) is 2.99. The number of hydrogen-bond acceptors (Lipinski definition) is 3. The van der Waals surface area contributed by atoms with E-state index in [1.54, 1.807) is 6.92 Å². The first-order valence-electron chi connectivity index (χ1n) is 14.4. The number of benzene rings is 3. The molecular formula is C33H36F6O3. The second-order valence-electron chi connectivity index (χ2n) is 10.8. The lowest BCUT2D eigenvalue weighted by Crippen LogP contribution is -2.23. The topological polar surface area (TPSA) is 27.7 Å². The predicted octanol–water partition coefficient (Wildman–Crippen LogP) is 9.72. The van der Waals surface area contributed by atoms with Crippen LogP contribution in [0.1, 0.15) is 64.1 Å². The monoisotopic (exact) mass is 594 g/mol. The van der Waals surface area contributed by atoms with Crippen LogP contribution in [0.2, 0.25) is 0 Å². The Morgan fingerprint density at radius 1 is 0.667 bits per heavy atom. The van der Waals surface area contributed by atoms with E-state index in [4.69, 9.17) is 14.2 Å². The second kappa shape index (κ2) is 14.7. The van der Waals surface area contributed by atoms with Crippen molar-refractivity contribution in [3.8, 4) is 28.4 Å². The van der Waals surface area contributed by atoms with Crippen LogP contribution >= 0.6 is 0 Å². The lowest BCUT2D eigenvalue weighted by molar-refractivity contribution is 0.131. The van der Waals surface area contributed by atoms with Crippen LogP contribution in [-0.2, 0) is 0 Å². The van der Waals surface area contributed by atoms with Crippen molar-refractivity contribution in [3.05, 3.63) is 77.4 Å². The average molecular weight is 595 g/mol. The summed E-state index contributed by atoms with van der Waals surface area (Å²) in [5.41, 5.74) is 0.625. The Morgan fingerprint density at radius 2 is 1.19 bits per heavy atom. The summed E-state index contributed by atoms with van der Waals surface area (Å²) in [4.78, 5) is 0. The molecule has 228 valence electrons. The molecule has 0 heterocycles. The molecule has 0 saturated heterocycles. The van der Waals surface area contributed by atoms with E-state index < -0.39 is 41.4 Å². The molecule has 0 N–H and O–H groups in total. The highest BCUT2D eigenvalue weighted by Crippen LogP contribution is 2.34. The van der Waals surface area contributed by atoms with Gasteiger partial charge in [0.05, 0.1) is 19.8 Å². The highest BCUT2D eigenvalue weighted by Gasteiger charge is 2.26. The van der Waals surface area contributed by atoms with Crippen molar-refractivity contribution in [2.45, 2.75) is 64.7 Å². The van der Waals surface area contributed by atoms with Gasteiger partial charge in [-0.25, -0.2) is 13.2 Å². The number of ether oxygens (including phenoxy) is 3. The number of hydrogen-bond donors (Lipinski definition) is 0. The van der Waals surface area contributed by atoms with Gasteiger partial charge in [-0.05, 0) is 67.0 Å². The molecule has 0 aromatic heterocycles. The minimum Gasteiger partial charge on any atom is -0.491 e. The SMILES string of the molecule is CCOc1ccc(-c2ccc(C(F)CCOc3ccc(OCCC(F)C4CCC(C)CC4)c(F)c3F)cc2)c(F)c1F. The van der Waals surface area contributed by atoms with E-state index in [2.05, 4.69) is 6.92 Å². The zero-order valence-electron chi connectivity index (χ0n) is 23.8. The Hall–Kier alpha value is -3.36. The van der Waals surface area contributed by atoms with Crippen molar-refractivity contribution >= 4 is 0 Å². The van der Waals surface area contributed by atoms with Gasteiger partial charge in [-0.1, -0.05) is 44.0 Å². The first-order valence-corrected chi connectivity index (χ1v) is 14.4. The third kappa shape index (κ3) is 7.72. The third-order valence-corrected chi connectivity index (χ3v) is 7.79. The van der Waals surface area contributed by atoms with Gasteiger partial charge in [0.25, 0.3) is 0 Å². The van der Waals surface area contributed by atoms with Crippen LogP contribution in [0, 0.1) is 35.1 Å². The summed E-state index contributed by atoms with van der Waals surface area (Å²) < 4.78 is 103. The summed E-state index contributed by atoms with van der Waals surface area (Å²) >= 11 is 0. The Kier molecular flexibility index (Phi) is 11.0. The van der Waals surface area contributed by atoms with Crippen LogP contribution in [0.25, 0.3) is 11.1 Å². The fraction of sp³-hybridized carbons (Fsp3) is 0.455.